The number of fused-ring (bicyclic) bond motifs is 1. The number of nitrogens with one attached hydrogen (secondary N) is 1. The molecule has 1 aromatic heterocycles. The van der Waals surface area contributed by atoms with Crippen LogP contribution in [-0.2, 0) is 4.79 Å². The largest absolute Gasteiger partial charge is 0.478 e. The van der Waals surface area contributed by atoms with E-state index < -0.39 is 23.6 Å². The van der Waals surface area contributed by atoms with Crippen LogP contribution in [0, 0.1) is 34.8 Å². The van der Waals surface area contributed by atoms with Crippen molar-refractivity contribution in [1.82, 2.24) is 10.2 Å². The Bertz CT molecular complexity index is 1620. The molecule has 0 radical (unpaired) electrons. The highest BCUT2D eigenvalue weighted by atomic mass is 19.1. The number of allylic oxidation sites excluding steroid dienone is 1. The van der Waals surface area contributed by atoms with E-state index in [0.717, 1.165) is 31.4 Å². The lowest BCUT2D eigenvalue weighted by Gasteiger charge is -2.32. The summed E-state index contributed by atoms with van der Waals surface area (Å²) in [5.74, 6) is -3.32. The normalized spacial score (nSPS) is 14.4. The predicted molar refractivity (Wildman–Crippen MR) is 133 cm³/mol. The molecule has 3 aromatic carbocycles. The number of aromatic amines is 1. The third kappa shape index (κ3) is 4.52. The van der Waals surface area contributed by atoms with E-state index in [1.54, 1.807) is 36.4 Å². The minimum atomic E-state index is -1.09. The Morgan fingerprint density at radius 1 is 1.05 bits per heavy atom. The van der Waals surface area contributed by atoms with Crippen LogP contribution in [0.1, 0.15) is 47.1 Å². The fourth-order valence-electron chi connectivity index (χ4n) is 4.74. The van der Waals surface area contributed by atoms with Crippen LogP contribution in [0.2, 0.25) is 0 Å². The van der Waals surface area contributed by atoms with Gasteiger partial charge in [-0.15, -0.1) is 0 Å². The molecule has 1 fully saturated rings. The number of carboxylic acid groups (broad SMARTS) is 1. The molecule has 0 atom stereocenters. The summed E-state index contributed by atoms with van der Waals surface area (Å²) in [7, 11) is 0. The fourth-order valence-corrected chi connectivity index (χ4v) is 4.74. The summed E-state index contributed by atoms with van der Waals surface area (Å²) >= 11 is 0. The van der Waals surface area contributed by atoms with Crippen molar-refractivity contribution in [2.24, 2.45) is 5.92 Å². The van der Waals surface area contributed by atoms with E-state index in [9.17, 15) is 18.8 Å². The zero-order chi connectivity index (χ0) is 26.1. The lowest BCUT2D eigenvalue weighted by molar-refractivity contribution is -0.131. The number of carbonyl (C=O) groups is 1. The first-order valence-corrected chi connectivity index (χ1v) is 11.7. The second-order valence-corrected chi connectivity index (χ2v) is 8.87. The molecule has 0 saturated heterocycles. The minimum absolute atomic E-state index is 0.0334. The van der Waals surface area contributed by atoms with Gasteiger partial charge in [-0.25, -0.2) is 13.6 Å². The third-order valence-electron chi connectivity index (χ3n) is 6.68. The van der Waals surface area contributed by atoms with Gasteiger partial charge in [0.15, 0.2) is 0 Å². The van der Waals surface area contributed by atoms with Gasteiger partial charge in [-0.3, -0.25) is 5.10 Å². The van der Waals surface area contributed by atoms with Crippen molar-refractivity contribution in [3.05, 3.63) is 106 Å². The van der Waals surface area contributed by atoms with Gasteiger partial charge in [-0.2, -0.15) is 14.8 Å². The summed E-state index contributed by atoms with van der Waals surface area (Å²) < 4.78 is 43.7. The van der Waals surface area contributed by atoms with Crippen LogP contribution in [0.5, 0.6) is 0 Å². The second kappa shape index (κ2) is 9.78. The molecule has 1 aliphatic carbocycles. The molecular formula is C29H20F3N3O2. The van der Waals surface area contributed by atoms with Crippen molar-refractivity contribution in [3.63, 3.8) is 0 Å². The van der Waals surface area contributed by atoms with Crippen LogP contribution in [0.25, 0.3) is 28.1 Å². The van der Waals surface area contributed by atoms with E-state index in [-0.39, 0.29) is 27.9 Å². The van der Waals surface area contributed by atoms with Gasteiger partial charge in [-0.05, 0) is 65.3 Å². The van der Waals surface area contributed by atoms with E-state index in [0.29, 0.717) is 27.8 Å². The first kappa shape index (κ1) is 24.1. The van der Waals surface area contributed by atoms with Crippen molar-refractivity contribution in [1.29, 1.82) is 5.26 Å². The molecule has 37 heavy (non-hydrogen) atoms. The van der Waals surface area contributed by atoms with Crippen LogP contribution in [0.3, 0.4) is 0 Å². The number of aliphatic carboxylic acids is 1. The molecule has 5 rings (SSSR count). The van der Waals surface area contributed by atoms with Crippen molar-refractivity contribution in [2.75, 3.05) is 0 Å². The average molecular weight is 499 g/mol. The number of halogens is 3. The standard InChI is InChI=1S/C29H20F3N3O2/c30-19-9-10-21(23(31)14-19)27(17-2-1-3-17)26(18-7-4-16(5-8-18)6-13-25(36)37)20-11-12-24-28(22(20)15-33)29(32)35-34-24/h4-14,17H,1-3H2,(H,34,35)(H,36,37). The lowest BCUT2D eigenvalue weighted by Crippen LogP contribution is -2.16. The number of rotatable bonds is 6. The first-order chi connectivity index (χ1) is 17.9. The predicted octanol–water partition coefficient (Wildman–Crippen LogP) is 6.71. The summed E-state index contributed by atoms with van der Waals surface area (Å²) in [6.45, 7) is 0. The van der Waals surface area contributed by atoms with E-state index in [2.05, 4.69) is 16.3 Å². The van der Waals surface area contributed by atoms with Crippen LogP contribution in [0.4, 0.5) is 13.2 Å². The highest BCUT2D eigenvalue weighted by Crippen LogP contribution is 2.47. The number of hydrogen-bond acceptors (Lipinski definition) is 3. The van der Waals surface area contributed by atoms with Gasteiger partial charge in [0.05, 0.1) is 16.5 Å². The number of nitriles is 1. The molecular weight excluding hydrogens is 479 g/mol. The zero-order valence-corrected chi connectivity index (χ0v) is 19.4. The van der Waals surface area contributed by atoms with Crippen molar-refractivity contribution in [3.8, 4) is 6.07 Å². The monoisotopic (exact) mass is 499 g/mol. The van der Waals surface area contributed by atoms with Crippen LogP contribution >= 0.6 is 0 Å². The maximum absolute atomic E-state index is 15.2. The van der Waals surface area contributed by atoms with Crippen LogP contribution in [-0.4, -0.2) is 21.3 Å². The smallest absolute Gasteiger partial charge is 0.328 e. The number of H-pyrrole nitrogens is 1. The van der Waals surface area contributed by atoms with Gasteiger partial charge in [0, 0.05) is 23.3 Å². The maximum atomic E-state index is 15.2. The van der Waals surface area contributed by atoms with Gasteiger partial charge in [0.2, 0.25) is 5.95 Å². The van der Waals surface area contributed by atoms with E-state index in [1.807, 2.05) is 0 Å². The average Bonchev–Trinajstić information content (AvgIpc) is 3.23. The number of hydrogen-bond donors (Lipinski definition) is 2. The van der Waals surface area contributed by atoms with Crippen LogP contribution in [0.15, 0.2) is 60.7 Å². The Morgan fingerprint density at radius 3 is 2.41 bits per heavy atom. The zero-order valence-electron chi connectivity index (χ0n) is 19.4. The van der Waals surface area contributed by atoms with E-state index >= 15 is 4.39 Å². The molecule has 1 saturated carbocycles. The Balaban J connectivity index is 1.84. The van der Waals surface area contributed by atoms with Crippen molar-refractivity contribution < 1.29 is 23.1 Å². The molecule has 1 heterocycles. The van der Waals surface area contributed by atoms with Gasteiger partial charge in [0.25, 0.3) is 0 Å². The number of nitrogens with zero attached hydrogens (tertiary/aromatic N) is 2. The summed E-state index contributed by atoms with van der Waals surface area (Å²) in [5.41, 5.74) is 3.33. The Morgan fingerprint density at radius 2 is 1.78 bits per heavy atom. The lowest BCUT2D eigenvalue weighted by atomic mass is 9.72. The molecule has 184 valence electrons. The topological polar surface area (TPSA) is 89.8 Å². The van der Waals surface area contributed by atoms with E-state index in [4.69, 9.17) is 5.11 Å². The van der Waals surface area contributed by atoms with Gasteiger partial charge in [-0.1, -0.05) is 36.8 Å². The number of carboxylic acids is 1. The third-order valence-corrected chi connectivity index (χ3v) is 6.68. The summed E-state index contributed by atoms with van der Waals surface area (Å²) in [5, 5.41) is 25.2. The Hall–Kier alpha value is -4.64. The minimum Gasteiger partial charge on any atom is -0.478 e. The molecule has 4 aromatic rings. The Kier molecular flexibility index (Phi) is 6.36. The van der Waals surface area contributed by atoms with E-state index in [1.165, 1.54) is 18.2 Å². The van der Waals surface area contributed by atoms with Gasteiger partial charge >= 0.3 is 5.97 Å². The number of benzene rings is 3. The molecule has 0 aliphatic heterocycles. The first-order valence-electron chi connectivity index (χ1n) is 11.7. The van der Waals surface area contributed by atoms with Crippen molar-refractivity contribution >= 4 is 34.1 Å². The Labute approximate surface area is 210 Å². The molecule has 1 aliphatic rings. The van der Waals surface area contributed by atoms with Crippen LogP contribution < -0.4 is 0 Å². The maximum Gasteiger partial charge on any atom is 0.328 e. The molecule has 5 nitrogen and oxygen atoms in total. The molecule has 0 unspecified atom stereocenters. The quantitative estimate of drug-likeness (QED) is 0.228. The molecule has 0 spiro atoms. The molecule has 8 heteroatoms. The fraction of sp³-hybridized carbons (Fsp3) is 0.138. The highest BCUT2D eigenvalue weighted by molar-refractivity contribution is 6.04. The summed E-state index contributed by atoms with van der Waals surface area (Å²) in [4.78, 5) is 10.9. The van der Waals surface area contributed by atoms with Crippen molar-refractivity contribution in [2.45, 2.75) is 19.3 Å². The molecule has 0 bridgehead atoms. The van der Waals surface area contributed by atoms with Gasteiger partial charge < -0.3 is 5.11 Å². The number of aromatic nitrogens is 2. The summed E-state index contributed by atoms with van der Waals surface area (Å²) in [6, 6.07) is 15.7. The molecule has 2 N–H and O–H groups in total. The highest BCUT2D eigenvalue weighted by Gasteiger charge is 2.30. The second-order valence-electron chi connectivity index (χ2n) is 8.87. The van der Waals surface area contributed by atoms with Gasteiger partial charge in [0.1, 0.15) is 17.7 Å². The SMILES string of the molecule is N#Cc1c(C(=C(c2ccc(F)cc2F)C2CCC2)c2ccc(C=CC(=O)O)cc2)ccc2n[nH]c(F)c12. The molecule has 0 amide bonds. The summed E-state index contributed by atoms with van der Waals surface area (Å²) in [6.07, 6.45) is 4.95.